The number of pyridine rings is 2. The van der Waals surface area contributed by atoms with Crippen molar-refractivity contribution >= 4 is 5.82 Å². The van der Waals surface area contributed by atoms with Crippen LogP contribution < -0.4 is 14.4 Å². The van der Waals surface area contributed by atoms with Crippen molar-refractivity contribution in [1.29, 1.82) is 0 Å². The minimum absolute atomic E-state index is 0.0706. The van der Waals surface area contributed by atoms with E-state index in [2.05, 4.69) is 55.1 Å². The third-order valence-corrected chi connectivity index (χ3v) is 6.27. The summed E-state index contributed by atoms with van der Waals surface area (Å²) in [6.45, 7) is 16.8. The molecule has 4 rings (SSSR count). The minimum Gasteiger partial charge on any atom is -0.489 e. The van der Waals surface area contributed by atoms with E-state index in [1.165, 1.54) is 22.5 Å². The molecule has 0 atom stereocenters. The lowest BCUT2D eigenvalue weighted by Gasteiger charge is -2.34. The number of rotatable bonds is 5. The monoisotopic (exact) mass is 422 g/mol. The molecule has 2 aromatic heterocycles. The third-order valence-electron chi connectivity index (χ3n) is 6.27. The molecule has 0 radical (unpaired) electrons. The Hall–Kier alpha value is -2.76. The highest BCUT2D eigenvalue weighted by Crippen LogP contribution is 2.35. The number of hydrogen-bond acceptors (Lipinski definition) is 6. The van der Waals surface area contributed by atoms with Gasteiger partial charge in [0.2, 0.25) is 5.88 Å². The summed E-state index contributed by atoms with van der Waals surface area (Å²) in [5.74, 6) is 2.52. The second-order valence-electron chi connectivity index (χ2n) is 9.63. The van der Waals surface area contributed by atoms with Gasteiger partial charge >= 0.3 is 0 Å². The predicted molar refractivity (Wildman–Crippen MR) is 123 cm³/mol. The van der Waals surface area contributed by atoms with Crippen molar-refractivity contribution in [3.05, 3.63) is 53.5 Å². The second kappa shape index (κ2) is 8.40. The van der Waals surface area contributed by atoms with Gasteiger partial charge in [-0.1, -0.05) is 27.4 Å². The first kappa shape index (κ1) is 21.5. The quantitative estimate of drug-likeness (QED) is 0.695. The first-order chi connectivity index (χ1) is 14.7. The first-order valence-corrected chi connectivity index (χ1v) is 11.1. The van der Waals surface area contributed by atoms with E-state index >= 15 is 0 Å². The van der Waals surface area contributed by atoms with Gasteiger partial charge in [0.05, 0.1) is 25.5 Å². The van der Waals surface area contributed by atoms with Crippen LogP contribution in [0, 0.1) is 12.3 Å². The van der Waals surface area contributed by atoms with Crippen LogP contribution in [0.15, 0.2) is 36.7 Å². The topological polar surface area (TPSA) is 50.7 Å². The molecule has 1 fully saturated rings. The molecule has 6 nitrogen and oxygen atoms in total. The fourth-order valence-corrected chi connectivity index (χ4v) is 4.33. The van der Waals surface area contributed by atoms with E-state index < -0.39 is 0 Å². The zero-order valence-corrected chi connectivity index (χ0v) is 19.4. The maximum absolute atomic E-state index is 6.13. The number of allylic oxidation sites excluding steroid dienone is 1. The standard InChI is InChI=1S/C25H34N4O2/c1-17-13-19-15-29(18(2)25(3,4)5)16-22(19)27-24(17)28-11-9-20(10-12-28)31-21-7-8-23(30-6)26-14-21/h7-8,13-14,20H,2,9-12,15-16H2,1,3-6H3. The van der Waals surface area contributed by atoms with Crippen LogP contribution in [-0.2, 0) is 13.1 Å². The lowest BCUT2D eigenvalue weighted by molar-refractivity contribution is 0.169. The zero-order valence-electron chi connectivity index (χ0n) is 19.4. The SMILES string of the molecule is C=C(N1Cc2cc(C)c(N3CCC(Oc4ccc(OC)nc4)CC3)nc2C1)C(C)(C)C. The van der Waals surface area contributed by atoms with Gasteiger partial charge in [0.1, 0.15) is 17.7 Å². The van der Waals surface area contributed by atoms with Crippen molar-refractivity contribution in [2.45, 2.75) is 59.7 Å². The van der Waals surface area contributed by atoms with Crippen LogP contribution in [0.3, 0.4) is 0 Å². The molecule has 4 heterocycles. The maximum Gasteiger partial charge on any atom is 0.213 e. The largest absolute Gasteiger partial charge is 0.489 e. The van der Waals surface area contributed by atoms with E-state index in [9.17, 15) is 0 Å². The molecule has 0 amide bonds. The van der Waals surface area contributed by atoms with Gasteiger partial charge in [0, 0.05) is 49.7 Å². The summed E-state index contributed by atoms with van der Waals surface area (Å²) in [5, 5.41) is 0. The Balaban J connectivity index is 1.39. The molecule has 31 heavy (non-hydrogen) atoms. The van der Waals surface area contributed by atoms with Crippen LogP contribution in [0.4, 0.5) is 5.82 Å². The lowest BCUT2D eigenvalue weighted by atomic mass is 9.92. The van der Waals surface area contributed by atoms with Crippen LogP contribution >= 0.6 is 0 Å². The number of ether oxygens (including phenoxy) is 2. The van der Waals surface area contributed by atoms with Crippen LogP contribution in [0.1, 0.15) is 50.4 Å². The number of aromatic nitrogens is 2. The molecule has 2 aliphatic rings. The highest BCUT2D eigenvalue weighted by molar-refractivity contribution is 5.50. The van der Waals surface area contributed by atoms with Crippen molar-refractivity contribution in [3.8, 4) is 11.6 Å². The number of aryl methyl sites for hydroxylation is 1. The highest BCUT2D eigenvalue weighted by atomic mass is 16.5. The molecular weight excluding hydrogens is 388 g/mol. The van der Waals surface area contributed by atoms with Gasteiger partial charge in [-0.15, -0.1) is 0 Å². The van der Waals surface area contributed by atoms with Crippen LogP contribution in [0.25, 0.3) is 0 Å². The van der Waals surface area contributed by atoms with Gasteiger partial charge in [0.15, 0.2) is 0 Å². The Morgan fingerprint density at radius 2 is 1.90 bits per heavy atom. The van der Waals surface area contributed by atoms with Crippen LogP contribution in [0.5, 0.6) is 11.6 Å². The molecule has 0 saturated carbocycles. The summed E-state index contributed by atoms with van der Waals surface area (Å²) >= 11 is 0. The molecule has 0 aliphatic carbocycles. The summed E-state index contributed by atoms with van der Waals surface area (Å²) in [6, 6.07) is 6.07. The Bertz CT molecular complexity index is 941. The van der Waals surface area contributed by atoms with Gasteiger partial charge in [-0.05, 0) is 30.2 Å². The molecular formula is C25H34N4O2. The minimum atomic E-state index is 0.0706. The Kier molecular flexibility index (Phi) is 5.82. The zero-order chi connectivity index (χ0) is 22.2. The summed E-state index contributed by atoms with van der Waals surface area (Å²) < 4.78 is 11.2. The van der Waals surface area contributed by atoms with Gasteiger partial charge in [-0.25, -0.2) is 9.97 Å². The molecule has 6 heteroatoms. The molecule has 0 N–H and O–H groups in total. The number of nitrogens with zero attached hydrogens (tertiary/aromatic N) is 4. The summed E-state index contributed by atoms with van der Waals surface area (Å²) in [5.41, 5.74) is 5.02. The van der Waals surface area contributed by atoms with E-state index in [-0.39, 0.29) is 11.5 Å². The molecule has 0 bridgehead atoms. The summed E-state index contributed by atoms with van der Waals surface area (Å²) in [7, 11) is 1.62. The van der Waals surface area contributed by atoms with Crippen molar-refractivity contribution in [1.82, 2.24) is 14.9 Å². The Morgan fingerprint density at radius 3 is 2.52 bits per heavy atom. The second-order valence-corrected chi connectivity index (χ2v) is 9.63. The van der Waals surface area contributed by atoms with E-state index in [4.69, 9.17) is 14.5 Å². The van der Waals surface area contributed by atoms with E-state index in [0.29, 0.717) is 5.88 Å². The van der Waals surface area contributed by atoms with Gasteiger partial charge < -0.3 is 19.3 Å². The predicted octanol–water partition coefficient (Wildman–Crippen LogP) is 4.72. The number of fused-ring (bicyclic) bond motifs is 1. The number of methoxy groups -OCH3 is 1. The first-order valence-electron chi connectivity index (χ1n) is 11.1. The number of piperidine rings is 1. The number of hydrogen-bond donors (Lipinski definition) is 0. The molecule has 166 valence electrons. The normalized spacial score (nSPS) is 16.9. The number of anilines is 1. The molecule has 1 saturated heterocycles. The lowest BCUT2D eigenvalue weighted by Crippen LogP contribution is -2.39. The highest BCUT2D eigenvalue weighted by Gasteiger charge is 2.29. The third kappa shape index (κ3) is 4.63. The molecule has 0 aromatic carbocycles. The summed E-state index contributed by atoms with van der Waals surface area (Å²) in [6.07, 6.45) is 3.87. The Morgan fingerprint density at radius 1 is 1.16 bits per heavy atom. The van der Waals surface area contributed by atoms with Gasteiger partial charge in [0.25, 0.3) is 0 Å². The molecule has 0 unspecified atom stereocenters. The molecule has 2 aliphatic heterocycles. The average Bonchev–Trinajstić information content (AvgIpc) is 3.15. The molecule has 2 aromatic rings. The molecule has 0 spiro atoms. The van der Waals surface area contributed by atoms with Crippen molar-refractivity contribution in [2.24, 2.45) is 5.41 Å². The summed E-state index contributed by atoms with van der Waals surface area (Å²) in [4.78, 5) is 14.1. The van der Waals surface area contributed by atoms with E-state index in [0.717, 1.165) is 50.6 Å². The van der Waals surface area contributed by atoms with Crippen LogP contribution in [-0.4, -0.2) is 41.2 Å². The van der Waals surface area contributed by atoms with Crippen LogP contribution in [0.2, 0.25) is 0 Å². The fraction of sp³-hybridized carbons (Fsp3) is 0.520. The van der Waals surface area contributed by atoms with E-state index in [1.807, 2.05) is 12.1 Å². The maximum atomic E-state index is 6.13. The fourth-order valence-electron chi connectivity index (χ4n) is 4.33. The smallest absolute Gasteiger partial charge is 0.213 e. The van der Waals surface area contributed by atoms with E-state index in [1.54, 1.807) is 13.3 Å². The van der Waals surface area contributed by atoms with Crippen molar-refractivity contribution in [3.63, 3.8) is 0 Å². The van der Waals surface area contributed by atoms with Gasteiger partial charge in [-0.3, -0.25) is 0 Å². The van der Waals surface area contributed by atoms with Crippen molar-refractivity contribution in [2.75, 3.05) is 25.1 Å². The van der Waals surface area contributed by atoms with Gasteiger partial charge in [-0.2, -0.15) is 0 Å². The van der Waals surface area contributed by atoms with Crippen molar-refractivity contribution < 1.29 is 9.47 Å². The Labute approximate surface area is 185 Å². The average molecular weight is 423 g/mol.